The van der Waals surface area contributed by atoms with Crippen LogP contribution >= 0.6 is 11.8 Å². The molecule has 100 valence electrons. The van der Waals surface area contributed by atoms with Crippen LogP contribution in [-0.2, 0) is 0 Å². The molecule has 2 atom stereocenters. The Morgan fingerprint density at radius 1 is 1.41 bits per heavy atom. The van der Waals surface area contributed by atoms with Crippen molar-refractivity contribution in [2.45, 2.75) is 50.3 Å². The van der Waals surface area contributed by atoms with Gasteiger partial charge in [0.25, 0.3) is 0 Å². The zero-order valence-electron chi connectivity index (χ0n) is 11.7. The van der Waals surface area contributed by atoms with Gasteiger partial charge in [-0.15, -0.1) is 0 Å². The van der Waals surface area contributed by atoms with Crippen LogP contribution in [0.15, 0.2) is 0 Å². The van der Waals surface area contributed by atoms with Gasteiger partial charge in [-0.25, -0.2) is 0 Å². The molecule has 0 aromatic rings. The highest BCUT2D eigenvalue weighted by Crippen LogP contribution is 2.37. The van der Waals surface area contributed by atoms with E-state index in [1.165, 1.54) is 51.1 Å². The van der Waals surface area contributed by atoms with Crippen molar-refractivity contribution in [1.82, 2.24) is 10.2 Å². The van der Waals surface area contributed by atoms with E-state index < -0.39 is 0 Å². The van der Waals surface area contributed by atoms with E-state index >= 15 is 0 Å². The van der Waals surface area contributed by atoms with Gasteiger partial charge >= 0.3 is 0 Å². The summed E-state index contributed by atoms with van der Waals surface area (Å²) in [7, 11) is 2.24. The monoisotopic (exact) mass is 256 g/mol. The van der Waals surface area contributed by atoms with Crippen LogP contribution in [0, 0.1) is 5.92 Å². The Bertz CT molecular complexity index is 230. The maximum absolute atomic E-state index is 3.81. The molecule has 0 bridgehead atoms. The van der Waals surface area contributed by atoms with Gasteiger partial charge in [0, 0.05) is 17.3 Å². The first kappa shape index (κ1) is 13.7. The highest BCUT2D eigenvalue weighted by molar-refractivity contribution is 8.00. The molecule has 2 heterocycles. The SMILES string of the molecule is CC(NCC1(C)CCCS1)C1CCN(C)CC1. The van der Waals surface area contributed by atoms with Gasteiger partial charge in [0.15, 0.2) is 0 Å². The third-order valence-electron chi connectivity index (χ3n) is 4.57. The Balaban J connectivity index is 1.71. The fourth-order valence-corrected chi connectivity index (χ4v) is 4.30. The molecule has 0 aromatic heterocycles. The van der Waals surface area contributed by atoms with Crippen molar-refractivity contribution in [2.75, 3.05) is 32.4 Å². The van der Waals surface area contributed by atoms with E-state index in [0.717, 1.165) is 5.92 Å². The van der Waals surface area contributed by atoms with Crippen LogP contribution in [0.1, 0.15) is 39.5 Å². The van der Waals surface area contributed by atoms with Gasteiger partial charge < -0.3 is 10.2 Å². The lowest BCUT2D eigenvalue weighted by Gasteiger charge is -2.35. The fraction of sp³-hybridized carbons (Fsp3) is 1.00. The Morgan fingerprint density at radius 2 is 2.12 bits per heavy atom. The first-order valence-electron chi connectivity index (χ1n) is 7.15. The van der Waals surface area contributed by atoms with Gasteiger partial charge in [0.05, 0.1) is 0 Å². The average Bonchev–Trinajstić information content (AvgIpc) is 2.75. The molecule has 17 heavy (non-hydrogen) atoms. The van der Waals surface area contributed by atoms with Gasteiger partial charge in [-0.05, 0) is 71.3 Å². The van der Waals surface area contributed by atoms with Crippen LogP contribution in [0.4, 0.5) is 0 Å². The van der Waals surface area contributed by atoms with Crippen molar-refractivity contribution >= 4 is 11.8 Å². The summed E-state index contributed by atoms with van der Waals surface area (Å²) in [6, 6.07) is 0.696. The molecule has 2 nitrogen and oxygen atoms in total. The molecule has 0 radical (unpaired) electrons. The standard InChI is InChI=1S/C14H28N2S/c1-12(13-5-8-16(3)9-6-13)15-11-14(2)7-4-10-17-14/h12-13,15H,4-11H2,1-3H3. The Kier molecular flexibility index (Phi) is 4.79. The van der Waals surface area contributed by atoms with Crippen molar-refractivity contribution in [1.29, 1.82) is 0 Å². The van der Waals surface area contributed by atoms with Crippen molar-refractivity contribution in [3.8, 4) is 0 Å². The Morgan fingerprint density at radius 3 is 2.71 bits per heavy atom. The molecule has 2 aliphatic rings. The number of piperidine rings is 1. The van der Waals surface area contributed by atoms with Crippen LogP contribution in [0.3, 0.4) is 0 Å². The maximum atomic E-state index is 3.81. The first-order valence-corrected chi connectivity index (χ1v) is 8.13. The minimum Gasteiger partial charge on any atom is -0.313 e. The molecular weight excluding hydrogens is 228 g/mol. The normalized spacial score (nSPS) is 34.1. The molecule has 0 spiro atoms. The van der Waals surface area contributed by atoms with Crippen LogP contribution < -0.4 is 5.32 Å². The van der Waals surface area contributed by atoms with E-state index in [0.29, 0.717) is 10.8 Å². The van der Waals surface area contributed by atoms with Crippen LogP contribution in [0.2, 0.25) is 0 Å². The average molecular weight is 256 g/mol. The van der Waals surface area contributed by atoms with E-state index in [9.17, 15) is 0 Å². The lowest BCUT2D eigenvalue weighted by molar-refractivity contribution is 0.188. The molecule has 1 N–H and O–H groups in total. The topological polar surface area (TPSA) is 15.3 Å². The number of rotatable bonds is 4. The fourth-order valence-electron chi connectivity index (χ4n) is 3.05. The van der Waals surface area contributed by atoms with E-state index in [4.69, 9.17) is 0 Å². The second-order valence-electron chi connectivity index (χ2n) is 6.21. The summed E-state index contributed by atoms with van der Waals surface area (Å²) in [6.07, 6.45) is 5.54. The number of nitrogens with one attached hydrogen (secondary N) is 1. The number of likely N-dealkylation sites (tertiary alicyclic amines) is 1. The highest BCUT2D eigenvalue weighted by Gasteiger charge is 2.30. The summed E-state index contributed by atoms with van der Waals surface area (Å²) < 4.78 is 0.514. The number of thioether (sulfide) groups is 1. The van der Waals surface area contributed by atoms with Gasteiger partial charge in [-0.1, -0.05) is 0 Å². The summed E-state index contributed by atoms with van der Waals surface area (Å²) in [4.78, 5) is 2.46. The quantitative estimate of drug-likeness (QED) is 0.832. The lowest BCUT2D eigenvalue weighted by Crippen LogP contribution is -2.44. The Labute approximate surface area is 111 Å². The number of hydrogen-bond acceptors (Lipinski definition) is 3. The summed E-state index contributed by atoms with van der Waals surface area (Å²) in [5.74, 6) is 2.25. The van der Waals surface area contributed by atoms with Gasteiger partial charge in [0.2, 0.25) is 0 Å². The first-order chi connectivity index (χ1) is 8.09. The van der Waals surface area contributed by atoms with Crippen molar-refractivity contribution < 1.29 is 0 Å². The Hall–Kier alpha value is 0.270. The number of hydrogen-bond donors (Lipinski definition) is 1. The molecule has 0 saturated carbocycles. The highest BCUT2D eigenvalue weighted by atomic mass is 32.2. The second kappa shape index (κ2) is 5.94. The molecule has 2 aliphatic heterocycles. The zero-order valence-corrected chi connectivity index (χ0v) is 12.5. The van der Waals surface area contributed by atoms with E-state index in [2.05, 4.69) is 42.9 Å². The summed E-state index contributed by atoms with van der Waals surface area (Å²) in [5, 5.41) is 3.81. The second-order valence-corrected chi connectivity index (χ2v) is 7.89. The third kappa shape index (κ3) is 3.87. The summed E-state index contributed by atoms with van der Waals surface area (Å²) in [5.41, 5.74) is 0. The maximum Gasteiger partial charge on any atom is 0.0256 e. The van der Waals surface area contributed by atoms with Crippen molar-refractivity contribution in [3.63, 3.8) is 0 Å². The third-order valence-corrected chi connectivity index (χ3v) is 6.11. The van der Waals surface area contributed by atoms with Crippen molar-refractivity contribution in [2.24, 2.45) is 5.92 Å². The molecule has 2 rings (SSSR count). The molecule has 2 unspecified atom stereocenters. The summed E-state index contributed by atoms with van der Waals surface area (Å²) in [6.45, 7) is 8.58. The van der Waals surface area contributed by atoms with Gasteiger partial charge in [0.1, 0.15) is 0 Å². The lowest BCUT2D eigenvalue weighted by atomic mass is 9.90. The molecule has 0 aromatic carbocycles. The van der Waals surface area contributed by atoms with Crippen molar-refractivity contribution in [3.05, 3.63) is 0 Å². The van der Waals surface area contributed by atoms with Gasteiger partial charge in [-0.2, -0.15) is 11.8 Å². The number of nitrogens with zero attached hydrogens (tertiary/aromatic N) is 1. The smallest absolute Gasteiger partial charge is 0.0256 e. The van der Waals surface area contributed by atoms with Crippen LogP contribution in [0.25, 0.3) is 0 Å². The largest absolute Gasteiger partial charge is 0.313 e. The molecule has 2 saturated heterocycles. The molecule has 3 heteroatoms. The van der Waals surface area contributed by atoms with E-state index in [-0.39, 0.29) is 0 Å². The molecule has 0 amide bonds. The predicted molar refractivity (Wildman–Crippen MR) is 77.8 cm³/mol. The van der Waals surface area contributed by atoms with Crippen LogP contribution in [0.5, 0.6) is 0 Å². The van der Waals surface area contributed by atoms with E-state index in [1.54, 1.807) is 0 Å². The zero-order chi connectivity index (χ0) is 12.3. The molecule has 2 fully saturated rings. The molecule has 0 aliphatic carbocycles. The predicted octanol–water partition coefficient (Wildman–Crippen LogP) is 2.59. The van der Waals surface area contributed by atoms with Gasteiger partial charge in [-0.3, -0.25) is 0 Å². The van der Waals surface area contributed by atoms with E-state index in [1.807, 2.05) is 0 Å². The summed E-state index contributed by atoms with van der Waals surface area (Å²) >= 11 is 2.16. The van der Waals surface area contributed by atoms with Crippen LogP contribution in [-0.4, -0.2) is 48.1 Å². The minimum absolute atomic E-state index is 0.514. The minimum atomic E-state index is 0.514. The molecular formula is C14H28N2S.